The lowest BCUT2D eigenvalue weighted by atomic mass is 9.82. The van der Waals surface area contributed by atoms with Crippen molar-refractivity contribution in [3.63, 3.8) is 0 Å². The van der Waals surface area contributed by atoms with E-state index in [1.165, 1.54) is 0 Å². The van der Waals surface area contributed by atoms with E-state index in [1.807, 2.05) is 0 Å². The van der Waals surface area contributed by atoms with Gasteiger partial charge in [-0.05, 0) is 18.1 Å². The maximum atomic E-state index is 12.3. The molecule has 0 aliphatic carbocycles. The predicted octanol–water partition coefficient (Wildman–Crippen LogP) is 1.51. The molecule has 0 aliphatic heterocycles. The summed E-state index contributed by atoms with van der Waals surface area (Å²) in [5, 5.41) is 10.3. The van der Waals surface area contributed by atoms with Crippen LogP contribution in [0.2, 0.25) is 0 Å². The molecule has 0 saturated carbocycles. The second-order valence-corrected chi connectivity index (χ2v) is 4.81. The number of carbonyl (C=O) groups excluding carboxylic acids is 1. The molecule has 1 rings (SSSR count). The minimum atomic E-state index is -1.62. The Labute approximate surface area is 118 Å². The monoisotopic (exact) mass is 274 g/mol. The Morgan fingerprint density at radius 2 is 1.95 bits per heavy atom. The lowest BCUT2D eigenvalue weighted by Crippen LogP contribution is -2.63. The van der Waals surface area contributed by atoms with Crippen LogP contribution in [0.15, 0.2) is 30.3 Å². The number of terminal acetylenes is 1. The third kappa shape index (κ3) is 2.65. The van der Waals surface area contributed by atoms with Crippen LogP contribution in [0, 0.1) is 18.3 Å². The molecule has 1 aromatic rings. The molecule has 1 atom stereocenters. The maximum Gasteiger partial charge on any atom is 0.332 e. The number of carbonyl (C=O) groups is 2. The van der Waals surface area contributed by atoms with Gasteiger partial charge >= 0.3 is 5.97 Å². The number of hydrazine groups is 1. The molecule has 1 aromatic carbocycles. The molecule has 0 saturated heterocycles. The standard InChI is InChI=1S/C15H18N2O3/c1-4-10-15(11(2)3,14(19)20)17(16)13(18)12-8-6-5-7-9-12/h1,5-9,11H,10,16H2,2-3H3,(H,19,20). The summed E-state index contributed by atoms with van der Waals surface area (Å²) >= 11 is 0. The first-order chi connectivity index (χ1) is 9.37. The van der Waals surface area contributed by atoms with Crippen molar-refractivity contribution < 1.29 is 14.7 Å². The number of amides is 1. The average molecular weight is 274 g/mol. The zero-order valence-electron chi connectivity index (χ0n) is 11.5. The van der Waals surface area contributed by atoms with Crippen LogP contribution in [0.1, 0.15) is 30.6 Å². The molecule has 0 bridgehead atoms. The Balaban J connectivity index is 3.25. The van der Waals surface area contributed by atoms with Gasteiger partial charge in [0.15, 0.2) is 5.54 Å². The number of rotatable bonds is 5. The number of carboxylic acid groups (broad SMARTS) is 1. The summed E-state index contributed by atoms with van der Waals surface area (Å²) in [5.41, 5.74) is -1.31. The summed E-state index contributed by atoms with van der Waals surface area (Å²) in [6, 6.07) is 8.27. The fourth-order valence-corrected chi connectivity index (χ4v) is 2.05. The van der Waals surface area contributed by atoms with Crippen LogP contribution in [0.3, 0.4) is 0 Å². The zero-order valence-corrected chi connectivity index (χ0v) is 11.5. The molecule has 0 aliphatic rings. The highest BCUT2D eigenvalue weighted by atomic mass is 16.4. The predicted molar refractivity (Wildman–Crippen MR) is 75.5 cm³/mol. The quantitative estimate of drug-likeness (QED) is 0.369. The van der Waals surface area contributed by atoms with Crippen molar-refractivity contribution >= 4 is 11.9 Å². The highest BCUT2D eigenvalue weighted by Gasteiger charge is 2.48. The van der Waals surface area contributed by atoms with Gasteiger partial charge in [-0.2, -0.15) is 0 Å². The maximum absolute atomic E-state index is 12.3. The van der Waals surface area contributed by atoms with Crippen LogP contribution in [-0.4, -0.2) is 27.5 Å². The van der Waals surface area contributed by atoms with E-state index in [0.717, 1.165) is 5.01 Å². The normalized spacial score (nSPS) is 13.3. The number of nitrogens with two attached hydrogens (primary N) is 1. The van der Waals surface area contributed by atoms with Crippen molar-refractivity contribution in [2.24, 2.45) is 11.8 Å². The van der Waals surface area contributed by atoms with Gasteiger partial charge in [0.25, 0.3) is 5.91 Å². The topological polar surface area (TPSA) is 83.6 Å². The van der Waals surface area contributed by atoms with E-state index in [2.05, 4.69) is 5.92 Å². The molecular formula is C15H18N2O3. The zero-order chi connectivity index (χ0) is 15.3. The van der Waals surface area contributed by atoms with Gasteiger partial charge in [-0.1, -0.05) is 32.0 Å². The van der Waals surface area contributed by atoms with Gasteiger partial charge in [0.2, 0.25) is 0 Å². The van der Waals surface area contributed by atoms with Crippen LogP contribution < -0.4 is 5.84 Å². The SMILES string of the molecule is C#CCC(C(=O)O)(C(C)C)N(N)C(=O)c1ccccc1. The Bertz CT molecular complexity index is 534. The molecule has 0 fully saturated rings. The first kappa shape index (κ1) is 15.7. The number of hydrogen-bond donors (Lipinski definition) is 2. The summed E-state index contributed by atoms with van der Waals surface area (Å²) in [4.78, 5) is 24.0. The summed E-state index contributed by atoms with van der Waals surface area (Å²) in [5.74, 6) is 5.91. The van der Waals surface area contributed by atoms with E-state index in [-0.39, 0.29) is 6.42 Å². The minimum absolute atomic E-state index is 0.158. The van der Waals surface area contributed by atoms with E-state index in [1.54, 1.807) is 44.2 Å². The highest BCUT2D eigenvalue weighted by molar-refractivity contribution is 5.97. The molecule has 0 aromatic heterocycles. The summed E-state index contributed by atoms with van der Waals surface area (Å²) in [6.07, 6.45) is 5.10. The number of nitrogens with zero attached hydrogens (tertiary/aromatic N) is 1. The largest absolute Gasteiger partial charge is 0.479 e. The average Bonchev–Trinajstić information content (AvgIpc) is 2.43. The van der Waals surface area contributed by atoms with Crippen molar-refractivity contribution in [3.8, 4) is 12.3 Å². The lowest BCUT2D eigenvalue weighted by molar-refractivity contribution is -0.153. The van der Waals surface area contributed by atoms with Crippen LogP contribution in [0.4, 0.5) is 0 Å². The van der Waals surface area contributed by atoms with Gasteiger partial charge in [0, 0.05) is 12.0 Å². The Hall–Kier alpha value is -2.32. The smallest absolute Gasteiger partial charge is 0.332 e. The summed E-state index contributed by atoms with van der Waals surface area (Å²) in [7, 11) is 0. The van der Waals surface area contributed by atoms with Gasteiger partial charge in [0.05, 0.1) is 0 Å². The summed E-state index contributed by atoms with van der Waals surface area (Å²) in [6.45, 7) is 3.34. The van der Waals surface area contributed by atoms with Crippen LogP contribution >= 0.6 is 0 Å². The third-order valence-corrected chi connectivity index (χ3v) is 3.37. The van der Waals surface area contributed by atoms with Gasteiger partial charge in [0.1, 0.15) is 0 Å². The van der Waals surface area contributed by atoms with Gasteiger partial charge < -0.3 is 5.11 Å². The van der Waals surface area contributed by atoms with E-state index < -0.39 is 23.3 Å². The minimum Gasteiger partial charge on any atom is -0.479 e. The van der Waals surface area contributed by atoms with Crippen LogP contribution in [-0.2, 0) is 4.79 Å². The highest BCUT2D eigenvalue weighted by Crippen LogP contribution is 2.28. The van der Waals surface area contributed by atoms with Crippen LogP contribution in [0.5, 0.6) is 0 Å². The molecule has 5 heteroatoms. The van der Waals surface area contributed by atoms with E-state index >= 15 is 0 Å². The molecule has 1 amide bonds. The second kappa shape index (κ2) is 6.22. The molecular weight excluding hydrogens is 256 g/mol. The van der Waals surface area contributed by atoms with Crippen molar-refractivity contribution in [3.05, 3.63) is 35.9 Å². The van der Waals surface area contributed by atoms with Crippen molar-refractivity contribution in [2.75, 3.05) is 0 Å². The fraction of sp³-hybridized carbons (Fsp3) is 0.333. The number of benzene rings is 1. The Morgan fingerprint density at radius 1 is 1.40 bits per heavy atom. The molecule has 3 N–H and O–H groups in total. The van der Waals surface area contributed by atoms with Gasteiger partial charge in [-0.15, -0.1) is 12.3 Å². The van der Waals surface area contributed by atoms with Crippen molar-refractivity contribution in [2.45, 2.75) is 25.8 Å². The molecule has 0 spiro atoms. The molecule has 20 heavy (non-hydrogen) atoms. The molecule has 0 radical (unpaired) electrons. The fourth-order valence-electron chi connectivity index (χ4n) is 2.05. The van der Waals surface area contributed by atoms with E-state index in [4.69, 9.17) is 12.3 Å². The Morgan fingerprint density at radius 3 is 2.35 bits per heavy atom. The van der Waals surface area contributed by atoms with Crippen molar-refractivity contribution in [1.82, 2.24) is 5.01 Å². The van der Waals surface area contributed by atoms with Crippen LogP contribution in [0.25, 0.3) is 0 Å². The Kier molecular flexibility index (Phi) is 4.89. The molecule has 5 nitrogen and oxygen atoms in total. The molecule has 106 valence electrons. The molecule has 1 unspecified atom stereocenters. The third-order valence-electron chi connectivity index (χ3n) is 3.37. The first-order valence-corrected chi connectivity index (χ1v) is 6.19. The summed E-state index contributed by atoms with van der Waals surface area (Å²) < 4.78 is 0. The first-order valence-electron chi connectivity index (χ1n) is 6.19. The van der Waals surface area contributed by atoms with E-state index in [0.29, 0.717) is 5.56 Å². The number of aliphatic carboxylic acids is 1. The number of carboxylic acids is 1. The van der Waals surface area contributed by atoms with Gasteiger partial charge in [-0.3, -0.25) is 9.80 Å². The number of hydrogen-bond acceptors (Lipinski definition) is 3. The van der Waals surface area contributed by atoms with Crippen molar-refractivity contribution in [1.29, 1.82) is 0 Å². The molecule has 0 heterocycles. The second-order valence-electron chi connectivity index (χ2n) is 4.81. The van der Waals surface area contributed by atoms with Gasteiger partial charge in [-0.25, -0.2) is 10.6 Å². The van der Waals surface area contributed by atoms with E-state index in [9.17, 15) is 14.7 Å². The lowest BCUT2D eigenvalue weighted by Gasteiger charge is -2.39.